The summed E-state index contributed by atoms with van der Waals surface area (Å²) in [5.41, 5.74) is 0. The normalized spacial score (nSPS) is 37.8. The molecule has 0 aromatic carbocycles. The Bertz CT molecular complexity index is 260. The molecule has 2 nitrogen and oxygen atoms in total. The molecule has 0 amide bonds. The van der Waals surface area contributed by atoms with E-state index in [1.165, 1.54) is 19.3 Å². The molecule has 2 unspecified atom stereocenters. The van der Waals surface area contributed by atoms with E-state index in [0.717, 1.165) is 23.0 Å². The standard InChI is InChI=1S/C9H12N2S/c1-2-12-9(10-1)11-8-4-6-3-7(6)5-8/h1-2,6-8H,3-5H2,(H,10,11). The van der Waals surface area contributed by atoms with Crippen molar-refractivity contribution in [1.29, 1.82) is 0 Å². The number of rotatable bonds is 2. The van der Waals surface area contributed by atoms with E-state index in [-0.39, 0.29) is 0 Å². The highest BCUT2D eigenvalue weighted by atomic mass is 32.1. The lowest BCUT2D eigenvalue weighted by atomic mass is 10.2. The molecule has 3 rings (SSSR count). The molecule has 2 saturated carbocycles. The van der Waals surface area contributed by atoms with E-state index in [1.54, 1.807) is 11.3 Å². The van der Waals surface area contributed by atoms with E-state index in [1.807, 2.05) is 11.6 Å². The third-order valence-corrected chi connectivity index (χ3v) is 3.71. The lowest BCUT2D eigenvalue weighted by molar-refractivity contribution is 0.651. The summed E-state index contributed by atoms with van der Waals surface area (Å²) < 4.78 is 0. The Balaban J connectivity index is 1.62. The van der Waals surface area contributed by atoms with Crippen LogP contribution in [0, 0.1) is 11.8 Å². The van der Waals surface area contributed by atoms with Gasteiger partial charge in [-0.3, -0.25) is 0 Å². The van der Waals surface area contributed by atoms with Gasteiger partial charge in [0.25, 0.3) is 0 Å². The largest absolute Gasteiger partial charge is 0.359 e. The minimum absolute atomic E-state index is 0.722. The minimum Gasteiger partial charge on any atom is -0.359 e. The maximum Gasteiger partial charge on any atom is 0.182 e. The van der Waals surface area contributed by atoms with Crippen molar-refractivity contribution < 1.29 is 0 Å². The first kappa shape index (κ1) is 6.89. The second kappa shape index (κ2) is 2.46. The summed E-state index contributed by atoms with van der Waals surface area (Å²) in [5.74, 6) is 2.12. The molecule has 2 aliphatic carbocycles. The molecule has 1 aromatic heterocycles. The summed E-state index contributed by atoms with van der Waals surface area (Å²) in [6.45, 7) is 0. The molecule has 0 saturated heterocycles. The SMILES string of the molecule is c1csc(NC2CC3CC3C2)n1. The molecule has 2 fully saturated rings. The van der Waals surface area contributed by atoms with E-state index >= 15 is 0 Å². The van der Waals surface area contributed by atoms with Gasteiger partial charge >= 0.3 is 0 Å². The summed E-state index contributed by atoms with van der Waals surface area (Å²) in [4.78, 5) is 4.23. The number of hydrogen-bond acceptors (Lipinski definition) is 3. The van der Waals surface area contributed by atoms with Crippen molar-refractivity contribution in [2.24, 2.45) is 11.8 Å². The van der Waals surface area contributed by atoms with Crippen LogP contribution in [0.5, 0.6) is 0 Å². The molecule has 2 aliphatic rings. The third-order valence-electron chi connectivity index (χ3n) is 3.00. The zero-order valence-corrected chi connectivity index (χ0v) is 7.68. The van der Waals surface area contributed by atoms with Crippen LogP contribution in [-0.4, -0.2) is 11.0 Å². The number of anilines is 1. The predicted octanol–water partition coefficient (Wildman–Crippen LogP) is 2.35. The van der Waals surface area contributed by atoms with Gasteiger partial charge in [-0.05, 0) is 31.1 Å². The highest BCUT2D eigenvalue weighted by Crippen LogP contribution is 2.52. The van der Waals surface area contributed by atoms with Gasteiger partial charge in [0.05, 0.1) is 0 Å². The van der Waals surface area contributed by atoms with Gasteiger partial charge in [0, 0.05) is 17.6 Å². The van der Waals surface area contributed by atoms with Gasteiger partial charge in [-0.1, -0.05) is 0 Å². The summed E-state index contributed by atoms with van der Waals surface area (Å²) >= 11 is 1.70. The van der Waals surface area contributed by atoms with Crippen LogP contribution in [0.3, 0.4) is 0 Å². The average Bonchev–Trinajstić information content (AvgIpc) is 2.55. The number of hydrogen-bond donors (Lipinski definition) is 1. The van der Waals surface area contributed by atoms with Crippen LogP contribution in [0.4, 0.5) is 5.13 Å². The summed E-state index contributed by atoms with van der Waals surface area (Å²) in [6, 6.07) is 0.722. The van der Waals surface area contributed by atoms with Gasteiger partial charge in [0.2, 0.25) is 0 Å². The molecule has 1 heterocycles. The van der Waals surface area contributed by atoms with E-state index < -0.39 is 0 Å². The summed E-state index contributed by atoms with van der Waals surface area (Å²) in [5, 5.41) is 6.61. The molecular formula is C9H12N2S. The fraction of sp³-hybridized carbons (Fsp3) is 0.667. The van der Waals surface area contributed by atoms with E-state index in [2.05, 4.69) is 10.3 Å². The first-order valence-corrected chi connectivity index (χ1v) is 5.46. The molecule has 0 radical (unpaired) electrons. The first-order chi connectivity index (χ1) is 5.92. The average molecular weight is 180 g/mol. The molecule has 0 spiro atoms. The Morgan fingerprint density at radius 3 is 2.83 bits per heavy atom. The lowest BCUT2D eigenvalue weighted by Crippen LogP contribution is -2.16. The van der Waals surface area contributed by atoms with Crippen molar-refractivity contribution in [3.05, 3.63) is 11.6 Å². The molecule has 1 N–H and O–H groups in total. The van der Waals surface area contributed by atoms with Crippen molar-refractivity contribution in [1.82, 2.24) is 4.98 Å². The monoisotopic (exact) mass is 180 g/mol. The van der Waals surface area contributed by atoms with Crippen LogP contribution >= 0.6 is 11.3 Å². The smallest absolute Gasteiger partial charge is 0.182 e. The second-order valence-electron chi connectivity index (χ2n) is 3.91. The predicted molar refractivity (Wildman–Crippen MR) is 50.4 cm³/mol. The van der Waals surface area contributed by atoms with Crippen molar-refractivity contribution in [2.45, 2.75) is 25.3 Å². The Morgan fingerprint density at radius 2 is 2.17 bits per heavy atom. The maximum atomic E-state index is 4.23. The van der Waals surface area contributed by atoms with E-state index in [0.29, 0.717) is 0 Å². The van der Waals surface area contributed by atoms with Crippen molar-refractivity contribution in [3.8, 4) is 0 Å². The van der Waals surface area contributed by atoms with E-state index in [9.17, 15) is 0 Å². The van der Waals surface area contributed by atoms with Gasteiger partial charge in [-0.25, -0.2) is 4.98 Å². The Kier molecular flexibility index (Phi) is 1.41. The van der Waals surface area contributed by atoms with Gasteiger partial charge in [-0.2, -0.15) is 0 Å². The van der Waals surface area contributed by atoms with Crippen molar-refractivity contribution >= 4 is 16.5 Å². The minimum atomic E-state index is 0.722. The summed E-state index contributed by atoms with van der Waals surface area (Å²) in [7, 11) is 0. The van der Waals surface area contributed by atoms with Crippen LogP contribution in [0.2, 0.25) is 0 Å². The number of thiazole rings is 1. The van der Waals surface area contributed by atoms with Gasteiger partial charge in [0.1, 0.15) is 0 Å². The van der Waals surface area contributed by atoms with Crippen LogP contribution in [-0.2, 0) is 0 Å². The third kappa shape index (κ3) is 1.12. The fourth-order valence-electron chi connectivity index (χ4n) is 2.30. The zero-order valence-electron chi connectivity index (χ0n) is 6.86. The molecule has 12 heavy (non-hydrogen) atoms. The van der Waals surface area contributed by atoms with Crippen LogP contribution in [0.15, 0.2) is 11.6 Å². The van der Waals surface area contributed by atoms with Crippen molar-refractivity contribution in [3.63, 3.8) is 0 Å². The number of nitrogens with one attached hydrogen (secondary N) is 1. The number of nitrogens with zero attached hydrogens (tertiary/aromatic N) is 1. The van der Waals surface area contributed by atoms with Gasteiger partial charge < -0.3 is 5.32 Å². The van der Waals surface area contributed by atoms with E-state index in [4.69, 9.17) is 0 Å². The molecule has 1 aromatic rings. The highest BCUT2D eigenvalue weighted by molar-refractivity contribution is 7.13. The maximum absolute atomic E-state index is 4.23. The Morgan fingerprint density at radius 1 is 1.33 bits per heavy atom. The van der Waals surface area contributed by atoms with Crippen LogP contribution < -0.4 is 5.32 Å². The van der Waals surface area contributed by atoms with Crippen molar-refractivity contribution in [2.75, 3.05) is 5.32 Å². The highest BCUT2D eigenvalue weighted by Gasteiger charge is 2.45. The first-order valence-electron chi connectivity index (χ1n) is 4.58. The molecule has 64 valence electrons. The molecular weight excluding hydrogens is 168 g/mol. The quantitative estimate of drug-likeness (QED) is 0.755. The Hall–Kier alpha value is -0.570. The molecule has 3 heteroatoms. The number of fused-ring (bicyclic) bond motifs is 1. The van der Waals surface area contributed by atoms with Gasteiger partial charge in [0.15, 0.2) is 5.13 Å². The topological polar surface area (TPSA) is 24.9 Å². The Labute approximate surface area is 76.0 Å². The lowest BCUT2D eigenvalue weighted by Gasteiger charge is -2.12. The number of aromatic nitrogens is 1. The molecule has 2 atom stereocenters. The second-order valence-corrected chi connectivity index (χ2v) is 4.80. The van der Waals surface area contributed by atoms with Crippen LogP contribution in [0.1, 0.15) is 19.3 Å². The summed E-state index contributed by atoms with van der Waals surface area (Å²) in [6.07, 6.45) is 6.12. The van der Waals surface area contributed by atoms with Crippen LogP contribution in [0.25, 0.3) is 0 Å². The molecule has 0 aliphatic heterocycles. The van der Waals surface area contributed by atoms with Gasteiger partial charge in [-0.15, -0.1) is 11.3 Å². The molecule has 0 bridgehead atoms. The fourth-order valence-corrected chi connectivity index (χ4v) is 2.91. The zero-order chi connectivity index (χ0) is 7.97.